The van der Waals surface area contributed by atoms with Gasteiger partial charge in [-0.2, -0.15) is 0 Å². The van der Waals surface area contributed by atoms with Crippen LogP contribution in [-0.2, 0) is 9.53 Å². The zero-order chi connectivity index (χ0) is 11.8. The molecule has 1 atom stereocenters. The highest BCUT2D eigenvalue weighted by molar-refractivity contribution is 5.74. The lowest BCUT2D eigenvalue weighted by molar-refractivity contribution is -0.160. The topological polar surface area (TPSA) is 46.5 Å². The molecule has 1 aliphatic rings. The smallest absolute Gasteiger partial charge is 0.335 e. The molecule has 0 saturated heterocycles. The Morgan fingerprint density at radius 2 is 2.00 bits per heavy atom. The molecule has 1 N–H and O–H groups in total. The molecule has 1 aliphatic carbocycles. The first-order valence-electron chi connectivity index (χ1n) is 6.62. The molecular formula is C13H24O3. The number of carbonyl (C=O) groups excluding carboxylic acids is 1. The van der Waals surface area contributed by atoms with Crippen molar-refractivity contribution in [1.29, 1.82) is 0 Å². The zero-order valence-corrected chi connectivity index (χ0v) is 10.3. The van der Waals surface area contributed by atoms with Crippen LogP contribution in [0.25, 0.3) is 0 Å². The molecule has 0 aromatic heterocycles. The first-order valence-corrected chi connectivity index (χ1v) is 6.62. The van der Waals surface area contributed by atoms with E-state index in [4.69, 9.17) is 4.74 Å². The first kappa shape index (κ1) is 13.5. The Kier molecular flexibility index (Phi) is 6.46. The van der Waals surface area contributed by atoms with Crippen LogP contribution in [0, 0.1) is 0 Å². The third-order valence-electron chi connectivity index (χ3n) is 3.19. The van der Waals surface area contributed by atoms with Gasteiger partial charge in [0, 0.05) is 0 Å². The summed E-state index contributed by atoms with van der Waals surface area (Å²) in [4.78, 5) is 11.5. The molecule has 1 unspecified atom stereocenters. The number of unbranched alkanes of at least 4 members (excludes halogenated alkanes) is 2. The predicted molar refractivity (Wildman–Crippen MR) is 63.1 cm³/mol. The van der Waals surface area contributed by atoms with E-state index in [1.807, 2.05) is 0 Å². The number of rotatable bonds is 6. The fourth-order valence-electron chi connectivity index (χ4n) is 2.13. The molecule has 0 bridgehead atoms. The van der Waals surface area contributed by atoms with Gasteiger partial charge < -0.3 is 9.84 Å². The molecule has 16 heavy (non-hydrogen) atoms. The van der Waals surface area contributed by atoms with Gasteiger partial charge in [-0.3, -0.25) is 0 Å². The van der Waals surface area contributed by atoms with Gasteiger partial charge in [0.2, 0.25) is 0 Å². The molecule has 94 valence electrons. The van der Waals surface area contributed by atoms with E-state index in [1.165, 1.54) is 6.42 Å². The second-order valence-electron chi connectivity index (χ2n) is 4.71. The molecule has 0 spiro atoms. The fourth-order valence-corrected chi connectivity index (χ4v) is 2.13. The summed E-state index contributed by atoms with van der Waals surface area (Å²) in [5, 5.41) is 9.60. The van der Waals surface area contributed by atoms with Crippen LogP contribution in [0.15, 0.2) is 0 Å². The number of esters is 1. The maximum Gasteiger partial charge on any atom is 0.335 e. The minimum Gasteiger partial charge on any atom is -0.460 e. The number of ether oxygens (including phenoxy) is 1. The van der Waals surface area contributed by atoms with Crippen LogP contribution < -0.4 is 0 Å². The number of hydrogen-bond acceptors (Lipinski definition) is 3. The summed E-state index contributed by atoms with van der Waals surface area (Å²) in [7, 11) is 0. The zero-order valence-electron chi connectivity index (χ0n) is 10.3. The molecule has 0 aromatic carbocycles. The normalized spacial score (nSPS) is 19.4. The lowest BCUT2D eigenvalue weighted by Crippen LogP contribution is -2.29. The van der Waals surface area contributed by atoms with E-state index in [0.29, 0.717) is 6.42 Å². The van der Waals surface area contributed by atoms with E-state index < -0.39 is 12.1 Å². The summed E-state index contributed by atoms with van der Waals surface area (Å²) >= 11 is 0. The van der Waals surface area contributed by atoms with E-state index in [1.54, 1.807) is 0 Å². The predicted octanol–water partition coefficient (Wildman–Crippen LogP) is 2.80. The lowest BCUT2D eigenvalue weighted by Gasteiger charge is -2.23. The number of aliphatic hydroxyl groups excluding tert-OH is 1. The number of hydrogen-bond donors (Lipinski definition) is 1. The fraction of sp³-hybridized carbons (Fsp3) is 0.923. The molecule has 0 aromatic rings. The van der Waals surface area contributed by atoms with Gasteiger partial charge in [-0.1, -0.05) is 32.6 Å². The Balaban J connectivity index is 2.16. The summed E-state index contributed by atoms with van der Waals surface area (Å²) < 4.78 is 5.29. The molecule has 3 nitrogen and oxygen atoms in total. The quantitative estimate of drug-likeness (QED) is 0.561. The first-order chi connectivity index (χ1) is 7.74. The van der Waals surface area contributed by atoms with Crippen LogP contribution in [0.1, 0.15) is 64.7 Å². The van der Waals surface area contributed by atoms with Crippen molar-refractivity contribution in [3.8, 4) is 0 Å². The number of carbonyl (C=O) groups is 1. The van der Waals surface area contributed by atoms with Crippen LogP contribution >= 0.6 is 0 Å². The Bertz CT molecular complexity index is 197. The molecular weight excluding hydrogens is 204 g/mol. The molecule has 0 heterocycles. The van der Waals surface area contributed by atoms with Gasteiger partial charge >= 0.3 is 5.97 Å². The van der Waals surface area contributed by atoms with Gasteiger partial charge in [-0.15, -0.1) is 0 Å². The maximum atomic E-state index is 11.5. The maximum absolute atomic E-state index is 11.5. The largest absolute Gasteiger partial charge is 0.460 e. The summed E-state index contributed by atoms with van der Waals surface area (Å²) in [5.74, 6) is -0.414. The monoisotopic (exact) mass is 228 g/mol. The molecule has 3 heteroatoms. The van der Waals surface area contributed by atoms with Gasteiger partial charge in [0.25, 0.3) is 0 Å². The molecule has 0 aliphatic heterocycles. The van der Waals surface area contributed by atoms with Gasteiger partial charge in [0.05, 0.1) is 0 Å². The van der Waals surface area contributed by atoms with Crippen LogP contribution in [0.5, 0.6) is 0 Å². The number of aliphatic hydroxyl groups is 1. The van der Waals surface area contributed by atoms with E-state index in [2.05, 4.69) is 6.92 Å². The van der Waals surface area contributed by atoms with E-state index in [-0.39, 0.29) is 6.10 Å². The second kappa shape index (κ2) is 7.66. The molecule has 0 radical (unpaired) electrons. The Hall–Kier alpha value is -0.570. The van der Waals surface area contributed by atoms with E-state index in [0.717, 1.165) is 44.9 Å². The van der Waals surface area contributed by atoms with Crippen molar-refractivity contribution >= 4 is 5.97 Å². The molecule has 0 amide bonds. The minimum atomic E-state index is -0.909. The highest BCUT2D eigenvalue weighted by Gasteiger charge is 2.22. The van der Waals surface area contributed by atoms with Gasteiger partial charge in [-0.25, -0.2) is 4.79 Å². The summed E-state index contributed by atoms with van der Waals surface area (Å²) in [6.45, 7) is 2.10. The van der Waals surface area contributed by atoms with E-state index >= 15 is 0 Å². The summed E-state index contributed by atoms with van der Waals surface area (Å²) in [6, 6.07) is 0. The third-order valence-corrected chi connectivity index (χ3v) is 3.19. The van der Waals surface area contributed by atoms with Crippen LogP contribution in [0.2, 0.25) is 0 Å². The summed E-state index contributed by atoms with van der Waals surface area (Å²) in [5.41, 5.74) is 0. The average Bonchev–Trinajstić information content (AvgIpc) is 2.30. The molecule has 1 rings (SSSR count). The van der Waals surface area contributed by atoms with Gasteiger partial charge in [0.15, 0.2) is 6.10 Å². The minimum absolute atomic E-state index is 0.0575. The Labute approximate surface area is 98.2 Å². The Morgan fingerprint density at radius 3 is 2.62 bits per heavy atom. The molecule has 1 fully saturated rings. The van der Waals surface area contributed by atoms with Crippen molar-refractivity contribution in [1.82, 2.24) is 0 Å². The van der Waals surface area contributed by atoms with Crippen molar-refractivity contribution in [2.45, 2.75) is 76.9 Å². The highest BCUT2D eigenvalue weighted by Crippen LogP contribution is 2.21. The SMILES string of the molecule is CCCCCC(O)C(=O)OC1CCCCC1. The van der Waals surface area contributed by atoms with E-state index in [9.17, 15) is 9.90 Å². The summed E-state index contributed by atoms with van der Waals surface area (Å²) in [6.07, 6.45) is 8.21. The Morgan fingerprint density at radius 1 is 1.31 bits per heavy atom. The van der Waals surface area contributed by atoms with Crippen molar-refractivity contribution in [2.75, 3.05) is 0 Å². The van der Waals surface area contributed by atoms with Crippen LogP contribution in [-0.4, -0.2) is 23.3 Å². The van der Waals surface area contributed by atoms with Crippen LogP contribution in [0.4, 0.5) is 0 Å². The van der Waals surface area contributed by atoms with Crippen molar-refractivity contribution in [3.63, 3.8) is 0 Å². The third kappa shape index (κ3) is 4.97. The van der Waals surface area contributed by atoms with Crippen molar-refractivity contribution < 1.29 is 14.6 Å². The van der Waals surface area contributed by atoms with Gasteiger partial charge in [0.1, 0.15) is 6.10 Å². The highest BCUT2D eigenvalue weighted by atomic mass is 16.6. The van der Waals surface area contributed by atoms with Gasteiger partial charge in [-0.05, 0) is 32.1 Å². The van der Waals surface area contributed by atoms with Crippen molar-refractivity contribution in [2.24, 2.45) is 0 Å². The standard InChI is InChI=1S/C13H24O3/c1-2-3-5-10-12(14)13(15)16-11-8-6-4-7-9-11/h11-12,14H,2-10H2,1H3. The lowest BCUT2D eigenvalue weighted by atomic mass is 9.98. The molecule has 1 saturated carbocycles. The average molecular weight is 228 g/mol. The second-order valence-corrected chi connectivity index (χ2v) is 4.71. The van der Waals surface area contributed by atoms with Crippen LogP contribution in [0.3, 0.4) is 0 Å². The van der Waals surface area contributed by atoms with Crippen molar-refractivity contribution in [3.05, 3.63) is 0 Å².